The zero-order chi connectivity index (χ0) is 16.4. The van der Waals surface area contributed by atoms with E-state index in [0.29, 0.717) is 17.9 Å². The van der Waals surface area contributed by atoms with E-state index < -0.39 is 0 Å². The molecule has 1 rings (SSSR count). The molecule has 22 heavy (non-hydrogen) atoms. The Morgan fingerprint density at radius 2 is 2.05 bits per heavy atom. The Morgan fingerprint density at radius 1 is 1.36 bits per heavy atom. The molecule has 122 valence electrons. The van der Waals surface area contributed by atoms with E-state index in [4.69, 9.17) is 4.74 Å². The molecule has 6 nitrogen and oxygen atoms in total. The van der Waals surface area contributed by atoms with Crippen molar-refractivity contribution >= 4 is 12.3 Å². The van der Waals surface area contributed by atoms with E-state index in [1.54, 1.807) is 19.2 Å². The van der Waals surface area contributed by atoms with Gasteiger partial charge in [0.2, 0.25) is 12.3 Å². The molecule has 2 N–H and O–H groups in total. The van der Waals surface area contributed by atoms with Crippen LogP contribution in [0.4, 0.5) is 0 Å². The van der Waals surface area contributed by atoms with Gasteiger partial charge in [-0.3, -0.25) is 9.59 Å². The molecular weight excluding hydrogens is 282 g/mol. The Balaban J connectivity index is 2.41. The van der Waals surface area contributed by atoms with Crippen molar-refractivity contribution in [3.05, 3.63) is 36.8 Å². The van der Waals surface area contributed by atoms with Gasteiger partial charge in [0.05, 0.1) is 0 Å². The normalized spacial score (nSPS) is 15.3. The number of ether oxygens (including phenoxy) is 1. The molecule has 0 spiro atoms. The Morgan fingerprint density at radius 3 is 2.64 bits per heavy atom. The summed E-state index contributed by atoms with van der Waals surface area (Å²) in [5.74, 6) is 0.424. The van der Waals surface area contributed by atoms with Crippen molar-refractivity contribution in [2.45, 2.75) is 25.4 Å². The van der Waals surface area contributed by atoms with Crippen molar-refractivity contribution in [1.29, 1.82) is 0 Å². The lowest BCUT2D eigenvalue weighted by molar-refractivity contribution is -0.121. The van der Waals surface area contributed by atoms with E-state index in [2.05, 4.69) is 23.8 Å². The van der Waals surface area contributed by atoms with Gasteiger partial charge in [-0.25, -0.2) is 0 Å². The van der Waals surface area contributed by atoms with E-state index >= 15 is 0 Å². The predicted molar refractivity (Wildman–Crippen MR) is 85.9 cm³/mol. The summed E-state index contributed by atoms with van der Waals surface area (Å²) in [6, 6.07) is 0. The summed E-state index contributed by atoms with van der Waals surface area (Å²) < 4.78 is 5.74. The second-order valence-corrected chi connectivity index (χ2v) is 5.08. The lowest BCUT2D eigenvalue weighted by Crippen LogP contribution is -2.32. The van der Waals surface area contributed by atoms with Gasteiger partial charge in [-0.15, -0.1) is 0 Å². The van der Waals surface area contributed by atoms with Crippen molar-refractivity contribution < 1.29 is 14.3 Å². The average molecular weight is 307 g/mol. The van der Waals surface area contributed by atoms with Gasteiger partial charge in [-0.05, 0) is 38.1 Å². The first-order chi connectivity index (χ1) is 10.6. The van der Waals surface area contributed by atoms with Crippen LogP contribution in [0.25, 0.3) is 0 Å². The van der Waals surface area contributed by atoms with E-state index in [-0.39, 0.29) is 25.0 Å². The van der Waals surface area contributed by atoms with Crippen LogP contribution in [0.5, 0.6) is 0 Å². The number of hydrogen-bond acceptors (Lipinski definition) is 4. The van der Waals surface area contributed by atoms with Crippen LogP contribution in [0.15, 0.2) is 36.8 Å². The zero-order valence-electron chi connectivity index (χ0n) is 13.1. The molecule has 1 saturated heterocycles. The molecule has 1 aliphatic heterocycles. The van der Waals surface area contributed by atoms with Crippen LogP contribution in [-0.2, 0) is 14.3 Å². The molecule has 0 unspecified atom stereocenters. The third-order valence-corrected chi connectivity index (χ3v) is 3.42. The summed E-state index contributed by atoms with van der Waals surface area (Å²) in [7, 11) is 1.56. The zero-order valence-corrected chi connectivity index (χ0v) is 13.1. The monoisotopic (exact) mass is 307 g/mol. The number of allylic oxidation sites excluding steroid dienone is 2. The largest absolute Gasteiger partial charge is 0.491 e. The van der Waals surface area contributed by atoms with Crippen molar-refractivity contribution in [3.63, 3.8) is 0 Å². The van der Waals surface area contributed by atoms with Crippen molar-refractivity contribution in [2.75, 3.05) is 26.7 Å². The highest BCUT2D eigenvalue weighted by Crippen LogP contribution is 2.13. The highest BCUT2D eigenvalue weighted by Gasteiger charge is 2.14. The Kier molecular flexibility index (Phi) is 7.99. The molecule has 0 bridgehead atoms. The smallest absolute Gasteiger partial charge is 0.221 e. The number of nitrogens with zero attached hydrogens (tertiary/aromatic N) is 1. The minimum absolute atomic E-state index is 0.123. The molecule has 0 aliphatic carbocycles. The molecule has 1 heterocycles. The number of piperidine rings is 1. The lowest BCUT2D eigenvalue weighted by Gasteiger charge is -2.24. The summed E-state index contributed by atoms with van der Waals surface area (Å²) in [6.45, 7) is 9.86. The van der Waals surface area contributed by atoms with Crippen LogP contribution in [0, 0.1) is 0 Å². The molecular formula is C16H25N3O3. The number of carbonyl (C=O) groups is 2. The van der Waals surface area contributed by atoms with Gasteiger partial charge < -0.3 is 20.3 Å². The fraction of sp³-hybridized carbons (Fsp3) is 0.500. The first-order valence-electron chi connectivity index (χ1n) is 7.42. The Hall–Kier alpha value is -2.08. The topological polar surface area (TPSA) is 70.7 Å². The van der Waals surface area contributed by atoms with Crippen LogP contribution in [-0.4, -0.2) is 50.0 Å². The van der Waals surface area contributed by atoms with Gasteiger partial charge in [0, 0.05) is 25.7 Å². The summed E-state index contributed by atoms with van der Waals surface area (Å²) in [4.78, 5) is 23.6. The standard InChI is InChI=1S/C16H25N3O3/c1-13(19(12-20)11-8-16(21)17-3)4-5-14(2)22-15-6-9-18-10-7-15/h4-5,12,15,18H,1-2,6-11H2,3H3,(H,17,21)/b5-4-. The quantitative estimate of drug-likeness (QED) is 0.378. The first kappa shape index (κ1) is 18.0. The summed E-state index contributed by atoms with van der Waals surface area (Å²) in [5.41, 5.74) is 0.494. The fourth-order valence-corrected chi connectivity index (χ4v) is 2.06. The van der Waals surface area contributed by atoms with Gasteiger partial charge in [-0.2, -0.15) is 0 Å². The van der Waals surface area contributed by atoms with Gasteiger partial charge in [0.25, 0.3) is 0 Å². The van der Waals surface area contributed by atoms with E-state index in [1.807, 2.05) is 0 Å². The highest BCUT2D eigenvalue weighted by atomic mass is 16.5. The third-order valence-electron chi connectivity index (χ3n) is 3.42. The second-order valence-electron chi connectivity index (χ2n) is 5.08. The minimum atomic E-state index is -0.123. The van der Waals surface area contributed by atoms with Gasteiger partial charge in [-0.1, -0.05) is 13.2 Å². The van der Waals surface area contributed by atoms with E-state index in [9.17, 15) is 9.59 Å². The molecule has 0 atom stereocenters. The maximum Gasteiger partial charge on any atom is 0.221 e. The fourth-order valence-electron chi connectivity index (χ4n) is 2.06. The van der Waals surface area contributed by atoms with Gasteiger partial charge in [0.1, 0.15) is 11.9 Å². The van der Waals surface area contributed by atoms with Crippen LogP contribution in [0.2, 0.25) is 0 Å². The lowest BCUT2D eigenvalue weighted by atomic mass is 10.1. The van der Waals surface area contributed by atoms with Crippen LogP contribution >= 0.6 is 0 Å². The van der Waals surface area contributed by atoms with Crippen LogP contribution < -0.4 is 10.6 Å². The Bertz CT molecular complexity index is 440. The van der Waals surface area contributed by atoms with Crippen molar-refractivity contribution in [1.82, 2.24) is 15.5 Å². The van der Waals surface area contributed by atoms with Crippen LogP contribution in [0.3, 0.4) is 0 Å². The van der Waals surface area contributed by atoms with Crippen LogP contribution in [0.1, 0.15) is 19.3 Å². The van der Waals surface area contributed by atoms with E-state index in [1.165, 1.54) is 4.90 Å². The highest BCUT2D eigenvalue weighted by molar-refractivity contribution is 5.76. The molecule has 2 amide bonds. The summed E-state index contributed by atoms with van der Waals surface area (Å²) >= 11 is 0. The minimum Gasteiger partial charge on any atom is -0.491 e. The number of carbonyl (C=O) groups excluding carboxylic acids is 2. The molecule has 0 saturated carbocycles. The second kappa shape index (κ2) is 9.78. The van der Waals surface area contributed by atoms with E-state index in [0.717, 1.165) is 25.9 Å². The number of rotatable bonds is 9. The van der Waals surface area contributed by atoms with Crippen molar-refractivity contribution in [3.8, 4) is 0 Å². The summed E-state index contributed by atoms with van der Waals surface area (Å²) in [6.07, 6.45) is 6.35. The Labute approximate surface area is 131 Å². The number of hydrogen-bond donors (Lipinski definition) is 2. The molecule has 1 fully saturated rings. The number of nitrogens with one attached hydrogen (secondary N) is 2. The molecule has 0 radical (unpaired) electrons. The predicted octanol–water partition coefficient (Wildman–Crippen LogP) is 0.933. The molecule has 6 heteroatoms. The summed E-state index contributed by atoms with van der Waals surface area (Å²) in [5, 5.41) is 5.78. The SMILES string of the molecule is C=C(/C=C\C(=C)N(C=O)CCC(=O)NC)OC1CCNCC1. The molecule has 0 aromatic heterocycles. The maximum atomic E-state index is 11.2. The van der Waals surface area contributed by atoms with Gasteiger partial charge in [0.15, 0.2) is 0 Å². The third kappa shape index (κ3) is 6.58. The first-order valence-corrected chi connectivity index (χ1v) is 7.42. The van der Waals surface area contributed by atoms with Crippen molar-refractivity contribution in [2.24, 2.45) is 0 Å². The molecule has 0 aromatic carbocycles. The van der Waals surface area contributed by atoms with Gasteiger partial charge >= 0.3 is 0 Å². The number of amides is 2. The molecule has 0 aromatic rings. The average Bonchev–Trinajstić information content (AvgIpc) is 2.54. The maximum absolute atomic E-state index is 11.2. The molecule has 1 aliphatic rings.